The number of thiophene rings is 1. The largest absolute Gasteiger partial charge is 0.334 e. The van der Waals surface area contributed by atoms with E-state index < -0.39 is 8.07 Å². The van der Waals surface area contributed by atoms with Crippen molar-refractivity contribution in [1.82, 2.24) is 0 Å². The molecule has 0 amide bonds. The lowest BCUT2D eigenvalue weighted by Gasteiger charge is -2.50. The van der Waals surface area contributed by atoms with Gasteiger partial charge in [0.1, 0.15) is 0 Å². The number of fused-ring (bicyclic) bond motifs is 12. The molecule has 3 aliphatic carbocycles. The van der Waals surface area contributed by atoms with Crippen LogP contribution < -0.4 is 36.3 Å². The molecule has 2 unspecified atom stereocenters. The van der Waals surface area contributed by atoms with Gasteiger partial charge in [-0.1, -0.05) is 161 Å². The van der Waals surface area contributed by atoms with Crippen LogP contribution in [-0.4, -0.2) is 20.3 Å². The molecule has 0 N–H and O–H groups in total. The van der Waals surface area contributed by atoms with Gasteiger partial charge in [-0.15, -0.1) is 11.3 Å². The highest BCUT2D eigenvalue weighted by Crippen LogP contribution is 2.62. The van der Waals surface area contributed by atoms with Crippen molar-refractivity contribution in [2.45, 2.75) is 166 Å². The molecule has 4 heterocycles. The molecule has 6 heteroatoms. The summed E-state index contributed by atoms with van der Waals surface area (Å²) in [5.41, 5.74) is 22.5. The molecule has 0 bridgehead atoms. The number of anilines is 8. The summed E-state index contributed by atoms with van der Waals surface area (Å²) in [5.74, 6) is 0. The van der Waals surface area contributed by atoms with Crippen LogP contribution in [0.5, 0.6) is 0 Å². The van der Waals surface area contributed by atoms with Crippen LogP contribution >= 0.6 is 11.3 Å². The van der Waals surface area contributed by atoms with Crippen LogP contribution in [-0.2, 0) is 27.1 Å². The van der Waals surface area contributed by atoms with Crippen LogP contribution in [0.25, 0.3) is 20.2 Å². The lowest BCUT2D eigenvalue weighted by Crippen LogP contribution is -2.61. The number of rotatable bonds is 4. The van der Waals surface area contributed by atoms with Gasteiger partial charge in [-0.2, -0.15) is 0 Å². The van der Waals surface area contributed by atoms with Gasteiger partial charge in [0.15, 0.2) is 0 Å². The monoisotopic (exact) mass is 1000 g/mol. The second-order valence-corrected chi connectivity index (χ2v) is 34.0. The van der Waals surface area contributed by atoms with Gasteiger partial charge in [0.2, 0.25) is 0 Å². The standard InChI is InChI=1S/C68H74BN3SSi/c1-63(2)34-35-64(3,4)47-36-42(26-29-46(47)63)70-55-22-18-23-56-62(55)69(52-39-48-49(40-58(52)70)66(7,8)41-65(48,5)6)51-30-27-43(37-57(51)71(56)54-21-19-25-60-61(54)45-20-14-15-24-59(45)73-60)72-53-31-28-44(74(11,12)13)38-50(53)67(9)32-16-17-33-68(67,72)10/h14-15,18-31,36-40H,16-17,32-35,41H2,1-13H3. The minimum atomic E-state index is -1.57. The first-order chi connectivity index (χ1) is 35.0. The van der Waals surface area contributed by atoms with Gasteiger partial charge in [-0.05, 0) is 172 Å². The predicted octanol–water partition coefficient (Wildman–Crippen LogP) is 16.7. The van der Waals surface area contributed by atoms with E-state index in [-0.39, 0.29) is 39.3 Å². The van der Waals surface area contributed by atoms with E-state index in [4.69, 9.17) is 0 Å². The molecule has 0 radical (unpaired) electrons. The molecule has 14 rings (SSSR count). The maximum absolute atomic E-state index is 2.83. The molecule has 2 atom stereocenters. The Morgan fingerprint density at radius 3 is 1.86 bits per heavy atom. The molecule has 374 valence electrons. The van der Waals surface area contributed by atoms with Crippen molar-refractivity contribution in [3.63, 3.8) is 0 Å². The molecule has 7 aromatic carbocycles. The average Bonchev–Trinajstić information content (AvgIpc) is 3.94. The molecule has 74 heavy (non-hydrogen) atoms. The minimum Gasteiger partial charge on any atom is -0.334 e. The van der Waals surface area contributed by atoms with Crippen LogP contribution in [0.2, 0.25) is 19.6 Å². The Bertz CT molecular complexity index is 3740. The SMILES string of the molecule is CC1(C)CCC(C)(C)c2cc(N3c4cc5c(cc4B4c6ccc(N7c8ccc([Si](C)(C)C)cc8C8(C)CCCCC78C)cc6N(c6cccc7sc8ccccc8c67)c6cccc3c64)C(C)(C)CC5(C)C)ccc21. The summed E-state index contributed by atoms with van der Waals surface area (Å²) in [4.78, 5) is 8.24. The van der Waals surface area contributed by atoms with Gasteiger partial charge in [0.25, 0.3) is 6.71 Å². The van der Waals surface area contributed by atoms with Crippen molar-refractivity contribution >= 4 is 113 Å². The molecule has 0 saturated heterocycles. The molecule has 1 aromatic heterocycles. The molecule has 3 nitrogen and oxygen atoms in total. The molecule has 0 spiro atoms. The number of benzene rings is 7. The number of nitrogens with zero attached hydrogens (tertiary/aromatic N) is 3. The quantitative estimate of drug-likeness (QED) is 0.163. The van der Waals surface area contributed by atoms with Crippen LogP contribution in [0.1, 0.15) is 142 Å². The topological polar surface area (TPSA) is 9.72 Å². The first-order valence-electron chi connectivity index (χ1n) is 28.1. The van der Waals surface area contributed by atoms with Crippen molar-refractivity contribution < 1.29 is 0 Å². The third-order valence-electron chi connectivity index (χ3n) is 20.4. The average molecular weight is 1000 g/mol. The highest BCUT2D eigenvalue weighted by molar-refractivity contribution is 7.26. The molecule has 8 aromatic rings. The summed E-state index contributed by atoms with van der Waals surface area (Å²) >= 11 is 1.92. The normalized spacial score (nSPS) is 23.3. The van der Waals surface area contributed by atoms with Crippen molar-refractivity contribution in [2.24, 2.45) is 0 Å². The predicted molar refractivity (Wildman–Crippen MR) is 325 cm³/mol. The van der Waals surface area contributed by atoms with E-state index in [1.54, 1.807) is 10.8 Å². The van der Waals surface area contributed by atoms with E-state index in [2.05, 4.69) is 231 Å². The fourth-order valence-corrected chi connectivity index (χ4v) is 18.6. The number of hydrogen-bond donors (Lipinski definition) is 0. The van der Waals surface area contributed by atoms with Crippen LogP contribution in [0, 0.1) is 0 Å². The smallest absolute Gasteiger partial charge is 0.252 e. The molecular weight excluding hydrogens is 930 g/mol. The van der Waals surface area contributed by atoms with Crippen molar-refractivity contribution in [3.8, 4) is 0 Å². The lowest BCUT2D eigenvalue weighted by atomic mass is 9.33. The summed E-state index contributed by atoms with van der Waals surface area (Å²) in [5, 5.41) is 4.24. The second-order valence-electron chi connectivity index (χ2n) is 27.8. The summed E-state index contributed by atoms with van der Waals surface area (Å²) in [6, 6.07) is 51.8. The van der Waals surface area contributed by atoms with E-state index in [1.165, 1.54) is 143 Å². The first-order valence-corrected chi connectivity index (χ1v) is 32.4. The minimum absolute atomic E-state index is 0.0321. The Morgan fingerprint density at radius 2 is 1.09 bits per heavy atom. The van der Waals surface area contributed by atoms with Crippen LogP contribution in [0.4, 0.5) is 45.5 Å². The van der Waals surface area contributed by atoms with Gasteiger partial charge in [-0.25, -0.2) is 0 Å². The van der Waals surface area contributed by atoms with E-state index in [9.17, 15) is 0 Å². The molecule has 3 aliphatic heterocycles. The first kappa shape index (κ1) is 46.9. The van der Waals surface area contributed by atoms with Crippen molar-refractivity contribution in [2.75, 3.05) is 14.7 Å². The van der Waals surface area contributed by atoms with Gasteiger partial charge < -0.3 is 14.7 Å². The van der Waals surface area contributed by atoms with Gasteiger partial charge in [0, 0.05) is 65.4 Å². The van der Waals surface area contributed by atoms with Crippen LogP contribution in [0.15, 0.2) is 127 Å². The zero-order valence-electron chi connectivity index (χ0n) is 46.4. The highest BCUT2D eigenvalue weighted by atomic mass is 32.1. The van der Waals surface area contributed by atoms with E-state index in [0.717, 1.165) is 6.42 Å². The molecule has 1 fully saturated rings. The summed E-state index contributed by atoms with van der Waals surface area (Å²) in [6.45, 7) is 32.6. The second kappa shape index (κ2) is 15.1. The lowest BCUT2D eigenvalue weighted by molar-refractivity contribution is 0.195. The Hall–Kier alpha value is -5.56. The van der Waals surface area contributed by atoms with Crippen molar-refractivity contribution in [1.29, 1.82) is 0 Å². The summed E-state index contributed by atoms with van der Waals surface area (Å²) < 4.78 is 2.67. The molecule has 1 saturated carbocycles. The van der Waals surface area contributed by atoms with Gasteiger partial charge >= 0.3 is 0 Å². The fourth-order valence-electron chi connectivity index (χ4n) is 16.3. The van der Waals surface area contributed by atoms with Crippen LogP contribution in [0.3, 0.4) is 0 Å². The number of hydrogen-bond acceptors (Lipinski definition) is 4. The third kappa shape index (κ3) is 6.25. The Labute approximate surface area is 447 Å². The maximum atomic E-state index is 2.83. The van der Waals surface area contributed by atoms with E-state index >= 15 is 0 Å². The fraction of sp³-hybridized carbons (Fsp3) is 0.382. The molecular formula is C68H74BN3SSi. The highest BCUT2D eigenvalue weighted by Gasteiger charge is 2.58. The zero-order chi connectivity index (χ0) is 51.4. The van der Waals surface area contributed by atoms with Gasteiger partial charge in [0.05, 0.1) is 19.3 Å². The summed E-state index contributed by atoms with van der Waals surface area (Å²) in [6.07, 6.45) is 8.44. The Morgan fingerprint density at radius 1 is 0.459 bits per heavy atom. The molecule has 6 aliphatic rings. The van der Waals surface area contributed by atoms with Crippen molar-refractivity contribution in [3.05, 3.63) is 155 Å². The maximum Gasteiger partial charge on any atom is 0.252 e. The van der Waals surface area contributed by atoms with E-state index in [0.29, 0.717) is 0 Å². The zero-order valence-corrected chi connectivity index (χ0v) is 48.2. The Balaban J connectivity index is 1.07. The van der Waals surface area contributed by atoms with Gasteiger partial charge in [-0.3, -0.25) is 0 Å². The van der Waals surface area contributed by atoms with E-state index in [1.807, 2.05) is 11.3 Å². The Kier molecular flexibility index (Phi) is 9.57. The summed E-state index contributed by atoms with van der Waals surface area (Å²) in [7, 11) is -1.57. The third-order valence-corrected chi connectivity index (χ3v) is 23.6.